The summed E-state index contributed by atoms with van der Waals surface area (Å²) in [6.45, 7) is 0.463. The highest BCUT2D eigenvalue weighted by Gasteiger charge is 2.28. The first kappa shape index (κ1) is 14.2. The molecule has 0 aromatic heterocycles. The van der Waals surface area contributed by atoms with Crippen molar-refractivity contribution in [2.75, 3.05) is 18.4 Å². The van der Waals surface area contributed by atoms with Gasteiger partial charge in [0.15, 0.2) is 11.6 Å². The van der Waals surface area contributed by atoms with Crippen LogP contribution in [0.5, 0.6) is 0 Å². The number of rotatable bonds is 2. The summed E-state index contributed by atoms with van der Waals surface area (Å²) < 4.78 is 26.5. The number of urea groups is 1. The smallest absolute Gasteiger partial charge is 0.321 e. The largest absolute Gasteiger partial charge is 0.481 e. The second-order valence-electron chi connectivity index (χ2n) is 4.65. The third-order valence-electron chi connectivity index (χ3n) is 3.25. The number of hydrogen-bond donors (Lipinski definition) is 2. The van der Waals surface area contributed by atoms with Gasteiger partial charge in [-0.05, 0) is 25.0 Å². The van der Waals surface area contributed by atoms with E-state index in [0.29, 0.717) is 19.4 Å². The van der Waals surface area contributed by atoms with Crippen LogP contribution in [0.25, 0.3) is 0 Å². The Morgan fingerprint density at radius 3 is 2.80 bits per heavy atom. The van der Waals surface area contributed by atoms with Crippen LogP contribution in [0.2, 0.25) is 0 Å². The minimum atomic E-state index is -1.13. The normalized spacial score (nSPS) is 18.7. The zero-order valence-corrected chi connectivity index (χ0v) is 10.6. The number of carbonyl (C=O) groups is 2. The fourth-order valence-electron chi connectivity index (χ4n) is 2.16. The molecule has 108 valence electrons. The number of likely N-dealkylation sites (tertiary alicyclic amines) is 1. The Hall–Kier alpha value is -2.18. The van der Waals surface area contributed by atoms with E-state index in [1.54, 1.807) is 0 Å². The van der Waals surface area contributed by atoms with Crippen molar-refractivity contribution in [2.24, 2.45) is 5.92 Å². The zero-order valence-electron chi connectivity index (χ0n) is 10.6. The monoisotopic (exact) mass is 284 g/mol. The lowest BCUT2D eigenvalue weighted by Crippen LogP contribution is -2.44. The molecule has 7 heteroatoms. The molecule has 5 nitrogen and oxygen atoms in total. The molecule has 2 rings (SSSR count). The van der Waals surface area contributed by atoms with Gasteiger partial charge < -0.3 is 15.3 Å². The van der Waals surface area contributed by atoms with Crippen LogP contribution in [-0.2, 0) is 4.79 Å². The predicted molar refractivity (Wildman–Crippen MR) is 67.3 cm³/mol. The molecule has 0 aliphatic carbocycles. The molecule has 0 saturated carbocycles. The number of nitrogens with zero attached hydrogens (tertiary/aromatic N) is 1. The second-order valence-corrected chi connectivity index (χ2v) is 4.65. The third kappa shape index (κ3) is 3.04. The van der Waals surface area contributed by atoms with Gasteiger partial charge in [-0.15, -0.1) is 0 Å². The van der Waals surface area contributed by atoms with Crippen LogP contribution in [0.3, 0.4) is 0 Å². The van der Waals surface area contributed by atoms with Crippen LogP contribution in [0, 0.1) is 17.6 Å². The van der Waals surface area contributed by atoms with E-state index in [4.69, 9.17) is 5.11 Å². The Labute approximate surface area is 114 Å². The number of piperidine rings is 1. The van der Waals surface area contributed by atoms with Gasteiger partial charge in [-0.1, -0.05) is 6.07 Å². The van der Waals surface area contributed by atoms with E-state index in [1.807, 2.05) is 0 Å². The fraction of sp³-hybridized carbons (Fsp3) is 0.385. The molecular weight excluding hydrogens is 270 g/mol. The summed E-state index contributed by atoms with van der Waals surface area (Å²) in [4.78, 5) is 24.1. The lowest BCUT2D eigenvalue weighted by Gasteiger charge is -2.30. The molecule has 1 heterocycles. The first-order valence-corrected chi connectivity index (χ1v) is 6.22. The van der Waals surface area contributed by atoms with Crippen molar-refractivity contribution in [3.8, 4) is 0 Å². The van der Waals surface area contributed by atoms with Crippen molar-refractivity contribution in [3.05, 3.63) is 29.8 Å². The van der Waals surface area contributed by atoms with Crippen molar-refractivity contribution in [2.45, 2.75) is 12.8 Å². The van der Waals surface area contributed by atoms with E-state index in [1.165, 1.54) is 17.0 Å². The van der Waals surface area contributed by atoms with Crippen molar-refractivity contribution in [3.63, 3.8) is 0 Å². The topological polar surface area (TPSA) is 69.6 Å². The predicted octanol–water partition coefficient (Wildman–Crippen LogP) is 2.29. The maximum atomic E-state index is 13.4. The van der Waals surface area contributed by atoms with Crippen LogP contribution < -0.4 is 5.32 Å². The van der Waals surface area contributed by atoms with Gasteiger partial charge in [-0.2, -0.15) is 0 Å². The van der Waals surface area contributed by atoms with Crippen LogP contribution in [0.4, 0.5) is 19.3 Å². The van der Waals surface area contributed by atoms with Crippen LogP contribution in [0.1, 0.15) is 12.8 Å². The molecule has 1 aromatic carbocycles. The molecule has 0 bridgehead atoms. The quantitative estimate of drug-likeness (QED) is 0.875. The van der Waals surface area contributed by atoms with Crippen molar-refractivity contribution >= 4 is 17.7 Å². The Morgan fingerprint density at radius 2 is 2.10 bits per heavy atom. The number of aliphatic carboxylic acids is 1. The number of carboxylic acid groups (broad SMARTS) is 1. The summed E-state index contributed by atoms with van der Waals surface area (Å²) in [6.07, 6.45) is 1.07. The van der Waals surface area contributed by atoms with Gasteiger partial charge >= 0.3 is 12.0 Å². The first-order valence-electron chi connectivity index (χ1n) is 6.22. The van der Waals surface area contributed by atoms with Crippen LogP contribution in [0.15, 0.2) is 18.2 Å². The van der Waals surface area contributed by atoms with E-state index in [2.05, 4.69) is 5.32 Å². The highest BCUT2D eigenvalue weighted by Crippen LogP contribution is 2.20. The molecule has 1 aromatic rings. The minimum Gasteiger partial charge on any atom is -0.481 e. The standard InChI is InChI=1S/C13H14F2N2O3/c14-9-4-1-5-10(11(9)15)16-13(20)17-6-2-3-8(7-17)12(18)19/h1,4-5,8H,2-3,6-7H2,(H,16,20)(H,18,19). The molecule has 0 spiro atoms. The molecule has 1 unspecified atom stereocenters. The number of benzene rings is 1. The van der Waals surface area contributed by atoms with E-state index in [0.717, 1.165) is 6.07 Å². The van der Waals surface area contributed by atoms with Crippen molar-refractivity contribution in [1.82, 2.24) is 4.90 Å². The summed E-state index contributed by atoms with van der Waals surface area (Å²) in [5.74, 6) is -3.76. The van der Waals surface area contributed by atoms with E-state index >= 15 is 0 Å². The van der Waals surface area contributed by atoms with E-state index in [9.17, 15) is 18.4 Å². The molecular formula is C13H14F2N2O3. The lowest BCUT2D eigenvalue weighted by molar-refractivity contribution is -0.143. The first-order chi connectivity index (χ1) is 9.49. The molecule has 0 radical (unpaired) electrons. The fourth-order valence-corrected chi connectivity index (χ4v) is 2.16. The second kappa shape index (κ2) is 5.85. The highest BCUT2D eigenvalue weighted by atomic mass is 19.2. The SMILES string of the molecule is O=C(O)C1CCCN(C(=O)Nc2cccc(F)c2F)C1. The average molecular weight is 284 g/mol. The Bertz CT molecular complexity index is 536. The Kier molecular flexibility index (Phi) is 4.16. The number of nitrogens with one attached hydrogen (secondary N) is 1. The van der Waals surface area contributed by atoms with Crippen LogP contribution >= 0.6 is 0 Å². The van der Waals surface area contributed by atoms with Gasteiger partial charge in [0.2, 0.25) is 0 Å². The summed E-state index contributed by atoms with van der Waals surface area (Å²) in [5.41, 5.74) is -0.257. The molecule has 1 atom stereocenters. The zero-order chi connectivity index (χ0) is 14.7. The lowest BCUT2D eigenvalue weighted by atomic mass is 9.99. The van der Waals surface area contributed by atoms with Gasteiger partial charge in [-0.3, -0.25) is 4.79 Å². The number of carboxylic acids is 1. The molecule has 1 fully saturated rings. The van der Waals surface area contributed by atoms with Crippen molar-refractivity contribution in [1.29, 1.82) is 0 Å². The maximum absolute atomic E-state index is 13.4. The average Bonchev–Trinajstić information content (AvgIpc) is 2.44. The summed E-state index contributed by atoms with van der Waals surface area (Å²) in [6, 6.07) is 2.85. The number of amides is 2. The number of hydrogen-bond acceptors (Lipinski definition) is 2. The summed E-state index contributed by atoms with van der Waals surface area (Å²) >= 11 is 0. The maximum Gasteiger partial charge on any atom is 0.321 e. The Morgan fingerprint density at radius 1 is 1.35 bits per heavy atom. The molecule has 20 heavy (non-hydrogen) atoms. The van der Waals surface area contributed by atoms with Gasteiger partial charge in [0.25, 0.3) is 0 Å². The number of anilines is 1. The van der Waals surface area contributed by atoms with E-state index in [-0.39, 0.29) is 12.2 Å². The van der Waals surface area contributed by atoms with Crippen LogP contribution in [-0.4, -0.2) is 35.1 Å². The summed E-state index contributed by atoms with van der Waals surface area (Å²) in [5, 5.41) is 11.2. The highest BCUT2D eigenvalue weighted by molar-refractivity contribution is 5.89. The molecule has 2 amide bonds. The molecule has 2 N–H and O–H groups in total. The number of halogens is 2. The Balaban J connectivity index is 2.04. The number of carbonyl (C=O) groups excluding carboxylic acids is 1. The van der Waals surface area contributed by atoms with E-state index < -0.39 is 29.6 Å². The summed E-state index contributed by atoms with van der Waals surface area (Å²) in [7, 11) is 0. The van der Waals surface area contributed by atoms with Gasteiger partial charge in [0.05, 0.1) is 11.6 Å². The van der Waals surface area contributed by atoms with Crippen molar-refractivity contribution < 1.29 is 23.5 Å². The molecule has 1 aliphatic rings. The van der Waals surface area contributed by atoms with Gasteiger partial charge in [0.1, 0.15) is 0 Å². The minimum absolute atomic E-state index is 0.0676. The third-order valence-corrected chi connectivity index (χ3v) is 3.25. The molecule has 1 aliphatic heterocycles. The van der Waals surface area contributed by atoms with Gasteiger partial charge in [-0.25, -0.2) is 13.6 Å². The van der Waals surface area contributed by atoms with Gasteiger partial charge in [0, 0.05) is 13.1 Å². The molecule has 1 saturated heterocycles.